The van der Waals surface area contributed by atoms with Crippen LogP contribution in [0.2, 0.25) is 0 Å². The van der Waals surface area contributed by atoms with Crippen LogP contribution in [0.3, 0.4) is 0 Å². The molecule has 0 saturated heterocycles. The molecule has 5 heteroatoms. The molecule has 0 aromatic heterocycles. The number of carbonyl (C=O) groups is 2. The van der Waals surface area contributed by atoms with E-state index in [1.54, 1.807) is 0 Å². The predicted molar refractivity (Wildman–Crippen MR) is 131 cm³/mol. The van der Waals surface area contributed by atoms with E-state index in [4.69, 9.17) is 14.9 Å². The summed E-state index contributed by atoms with van der Waals surface area (Å²) in [4.78, 5) is 23.4. The van der Waals surface area contributed by atoms with Crippen molar-refractivity contribution in [2.24, 2.45) is 17.8 Å². The summed E-state index contributed by atoms with van der Waals surface area (Å²) in [6, 6.07) is 0. The summed E-state index contributed by atoms with van der Waals surface area (Å²) in [5.74, 6) is 1.62. The van der Waals surface area contributed by atoms with Gasteiger partial charge in [0, 0.05) is 6.42 Å². The van der Waals surface area contributed by atoms with Crippen LogP contribution in [-0.4, -0.2) is 41.3 Å². The van der Waals surface area contributed by atoms with E-state index in [2.05, 4.69) is 40.7 Å². The van der Waals surface area contributed by atoms with Crippen molar-refractivity contribution in [3.8, 4) is 0 Å². The third-order valence-corrected chi connectivity index (χ3v) is 6.05. The Bertz CT molecular complexity index is 526. The number of hydrogen-bond acceptors (Lipinski definition) is 5. The summed E-state index contributed by atoms with van der Waals surface area (Å²) < 4.78 is 4.75. The van der Waals surface area contributed by atoms with Gasteiger partial charge in [-0.2, -0.15) is 0 Å². The topological polar surface area (TPSA) is 83.8 Å². The van der Waals surface area contributed by atoms with Gasteiger partial charge in [0.05, 0.1) is 6.61 Å². The van der Waals surface area contributed by atoms with E-state index in [1.165, 1.54) is 56.9 Å². The lowest BCUT2D eigenvalue weighted by atomic mass is 9.91. The minimum atomic E-state index is -1.09. The average molecular weight is 455 g/mol. The van der Waals surface area contributed by atoms with Gasteiger partial charge in [-0.15, -0.1) is 0 Å². The Labute approximate surface area is 197 Å². The number of ketones is 1. The molecular formula is C27H50O5. The van der Waals surface area contributed by atoms with Gasteiger partial charge < -0.3 is 14.9 Å². The SMILES string of the molecule is CC(=CCCC(=O)CC(=O)OCC(O)CO)CCCC(C)CCCC(C)CCCC(C)C. The number of carbonyl (C=O) groups excluding carboxylic acids is 2. The van der Waals surface area contributed by atoms with Crippen LogP contribution in [-0.2, 0) is 14.3 Å². The molecule has 0 aromatic carbocycles. The molecule has 0 saturated carbocycles. The Kier molecular flexibility index (Phi) is 18.6. The molecule has 0 aromatic rings. The van der Waals surface area contributed by atoms with Gasteiger partial charge in [-0.05, 0) is 43.9 Å². The molecule has 2 N–H and O–H groups in total. The van der Waals surface area contributed by atoms with E-state index >= 15 is 0 Å². The van der Waals surface area contributed by atoms with Gasteiger partial charge in [0.1, 0.15) is 24.9 Å². The molecule has 0 rings (SSSR count). The third-order valence-electron chi connectivity index (χ3n) is 6.05. The van der Waals surface area contributed by atoms with Crippen LogP contribution >= 0.6 is 0 Å². The molecule has 0 aliphatic heterocycles. The number of esters is 1. The zero-order valence-electron chi connectivity index (χ0n) is 21.4. The second-order valence-corrected chi connectivity index (χ2v) is 10.2. The van der Waals surface area contributed by atoms with Gasteiger partial charge in [0.2, 0.25) is 0 Å². The van der Waals surface area contributed by atoms with Gasteiger partial charge in [0.25, 0.3) is 0 Å². The van der Waals surface area contributed by atoms with Crippen LogP contribution in [0.1, 0.15) is 112 Å². The van der Waals surface area contributed by atoms with Crippen molar-refractivity contribution in [2.75, 3.05) is 13.2 Å². The van der Waals surface area contributed by atoms with Crippen molar-refractivity contribution in [3.05, 3.63) is 11.6 Å². The number of ether oxygens (including phenoxy) is 1. The highest BCUT2D eigenvalue weighted by Crippen LogP contribution is 2.22. The smallest absolute Gasteiger partial charge is 0.313 e. The van der Waals surface area contributed by atoms with Crippen LogP contribution in [0.5, 0.6) is 0 Å². The van der Waals surface area contributed by atoms with E-state index in [1.807, 2.05) is 0 Å². The normalized spacial score (nSPS) is 14.9. The summed E-state index contributed by atoms with van der Waals surface area (Å²) in [5.41, 5.74) is 1.30. The molecule has 0 heterocycles. The molecular weight excluding hydrogens is 404 g/mol. The second-order valence-electron chi connectivity index (χ2n) is 10.2. The quantitative estimate of drug-likeness (QED) is 0.134. The Morgan fingerprint density at radius 3 is 2.00 bits per heavy atom. The van der Waals surface area contributed by atoms with Crippen LogP contribution < -0.4 is 0 Å². The van der Waals surface area contributed by atoms with Crippen molar-refractivity contribution in [1.82, 2.24) is 0 Å². The van der Waals surface area contributed by atoms with E-state index in [9.17, 15) is 9.59 Å². The van der Waals surface area contributed by atoms with E-state index < -0.39 is 18.7 Å². The molecule has 3 unspecified atom stereocenters. The average Bonchev–Trinajstić information content (AvgIpc) is 2.71. The third kappa shape index (κ3) is 19.5. The second kappa shape index (κ2) is 19.3. The molecule has 0 bridgehead atoms. The maximum atomic E-state index is 11.8. The van der Waals surface area contributed by atoms with Crippen LogP contribution in [0.4, 0.5) is 0 Å². The van der Waals surface area contributed by atoms with E-state index in [0.29, 0.717) is 12.8 Å². The van der Waals surface area contributed by atoms with Crippen LogP contribution in [0, 0.1) is 17.8 Å². The summed E-state index contributed by atoms with van der Waals surface area (Å²) in [6.07, 6.45) is 13.3. The van der Waals surface area contributed by atoms with Crippen molar-refractivity contribution >= 4 is 11.8 Å². The lowest BCUT2D eigenvalue weighted by Crippen LogP contribution is -2.23. The number of aliphatic hydroxyl groups is 2. The standard InChI is InChI=1S/C27H50O5/c1-21(2)10-6-11-22(3)12-7-13-23(4)14-8-15-24(5)16-9-17-25(29)18-27(31)32-20-26(30)19-28/h16,21-23,26,28,30H,6-15,17-20H2,1-5H3. The van der Waals surface area contributed by atoms with Crippen molar-refractivity contribution in [3.63, 3.8) is 0 Å². The first-order valence-electron chi connectivity index (χ1n) is 12.8. The molecule has 0 aliphatic rings. The molecule has 3 atom stereocenters. The lowest BCUT2D eigenvalue weighted by Gasteiger charge is -2.15. The summed E-state index contributed by atoms with van der Waals surface area (Å²) in [5, 5.41) is 17.8. The Balaban J connectivity index is 3.82. The van der Waals surface area contributed by atoms with Crippen LogP contribution in [0.25, 0.3) is 0 Å². The minimum Gasteiger partial charge on any atom is -0.463 e. The largest absolute Gasteiger partial charge is 0.463 e. The summed E-state index contributed by atoms with van der Waals surface area (Å²) in [7, 11) is 0. The Morgan fingerprint density at radius 2 is 1.44 bits per heavy atom. The van der Waals surface area contributed by atoms with E-state index in [0.717, 1.165) is 24.2 Å². The van der Waals surface area contributed by atoms with Gasteiger partial charge in [-0.25, -0.2) is 0 Å². The maximum Gasteiger partial charge on any atom is 0.313 e. The lowest BCUT2D eigenvalue weighted by molar-refractivity contribution is -0.149. The van der Waals surface area contributed by atoms with Crippen LogP contribution in [0.15, 0.2) is 11.6 Å². The van der Waals surface area contributed by atoms with Gasteiger partial charge >= 0.3 is 5.97 Å². The highest BCUT2D eigenvalue weighted by molar-refractivity contribution is 5.95. The number of allylic oxidation sites excluding steroid dienone is 2. The molecule has 0 radical (unpaired) electrons. The highest BCUT2D eigenvalue weighted by Gasteiger charge is 2.12. The fraction of sp³-hybridized carbons (Fsp3) is 0.852. The van der Waals surface area contributed by atoms with Gasteiger partial charge in [-0.1, -0.05) is 84.3 Å². The molecule has 5 nitrogen and oxygen atoms in total. The highest BCUT2D eigenvalue weighted by atomic mass is 16.5. The number of aliphatic hydroxyl groups excluding tert-OH is 2. The fourth-order valence-electron chi connectivity index (χ4n) is 3.83. The first kappa shape index (κ1) is 30.8. The zero-order valence-corrected chi connectivity index (χ0v) is 21.4. The molecule has 188 valence electrons. The molecule has 0 amide bonds. The maximum absolute atomic E-state index is 11.8. The number of rotatable bonds is 20. The fourth-order valence-corrected chi connectivity index (χ4v) is 3.83. The molecule has 0 fully saturated rings. The number of hydrogen-bond donors (Lipinski definition) is 2. The predicted octanol–water partition coefficient (Wildman–Crippen LogP) is 6.01. The number of Topliss-reactive ketones (excluding diaryl/α,β-unsaturated/α-hetero) is 1. The zero-order chi connectivity index (χ0) is 24.4. The van der Waals surface area contributed by atoms with Gasteiger partial charge in [0.15, 0.2) is 0 Å². The van der Waals surface area contributed by atoms with Gasteiger partial charge in [-0.3, -0.25) is 9.59 Å². The van der Waals surface area contributed by atoms with Crippen molar-refractivity contribution in [1.29, 1.82) is 0 Å². The Morgan fingerprint density at radius 1 is 0.875 bits per heavy atom. The minimum absolute atomic E-state index is 0.162. The summed E-state index contributed by atoms with van der Waals surface area (Å²) in [6.45, 7) is 10.7. The first-order valence-corrected chi connectivity index (χ1v) is 12.8. The Hall–Kier alpha value is -1.20. The molecule has 0 aliphatic carbocycles. The van der Waals surface area contributed by atoms with Crippen molar-refractivity contribution < 1.29 is 24.5 Å². The van der Waals surface area contributed by atoms with E-state index in [-0.39, 0.29) is 18.8 Å². The first-order chi connectivity index (χ1) is 15.1. The summed E-state index contributed by atoms with van der Waals surface area (Å²) >= 11 is 0. The molecule has 32 heavy (non-hydrogen) atoms. The van der Waals surface area contributed by atoms with Crippen molar-refractivity contribution in [2.45, 2.75) is 118 Å². The monoisotopic (exact) mass is 454 g/mol. The molecule has 0 spiro atoms.